The maximum absolute atomic E-state index is 12.5. The fraction of sp³-hybridized carbons (Fsp3) is 0.250. The third-order valence-corrected chi connectivity index (χ3v) is 4.53. The van der Waals surface area contributed by atoms with Gasteiger partial charge >= 0.3 is 5.97 Å². The first-order valence-corrected chi connectivity index (χ1v) is 8.52. The molecule has 1 aliphatic rings. The van der Waals surface area contributed by atoms with E-state index in [0.717, 1.165) is 6.42 Å². The molecule has 0 radical (unpaired) electrons. The van der Waals surface area contributed by atoms with Crippen LogP contribution in [0, 0.1) is 11.8 Å². The van der Waals surface area contributed by atoms with Crippen molar-refractivity contribution in [3.63, 3.8) is 0 Å². The van der Waals surface area contributed by atoms with Crippen LogP contribution in [0.2, 0.25) is 0 Å². The Kier molecular flexibility index (Phi) is 5.12. The van der Waals surface area contributed by atoms with Crippen molar-refractivity contribution in [1.29, 1.82) is 0 Å². The molecule has 27 heavy (non-hydrogen) atoms. The van der Waals surface area contributed by atoms with Crippen molar-refractivity contribution >= 4 is 29.2 Å². The molecule has 1 aliphatic carbocycles. The number of methoxy groups -OCH3 is 1. The topological polar surface area (TPSA) is 105 Å². The highest BCUT2D eigenvalue weighted by atomic mass is 16.5. The standard InChI is InChI=1S/C20H20N2O5/c1-11-8-16(11)19(24)22-13-5-3-4-12(9-13)18(23)21-14-6-7-15(20(25)26)17(10-14)27-2/h3-7,9-11,16H,8H2,1-2H3,(H,21,23)(H,22,24)(H,25,26). The molecule has 2 aromatic rings. The highest BCUT2D eigenvalue weighted by Gasteiger charge is 2.39. The summed E-state index contributed by atoms with van der Waals surface area (Å²) in [5.41, 5.74) is 1.35. The normalized spacial score (nSPS) is 17.7. The third kappa shape index (κ3) is 4.25. The lowest BCUT2D eigenvalue weighted by molar-refractivity contribution is -0.117. The molecule has 7 heteroatoms. The molecule has 7 nitrogen and oxygen atoms in total. The fourth-order valence-electron chi connectivity index (χ4n) is 2.81. The summed E-state index contributed by atoms with van der Waals surface area (Å²) < 4.78 is 5.05. The number of carboxylic acid groups (broad SMARTS) is 1. The van der Waals surface area contributed by atoms with Crippen LogP contribution in [0.15, 0.2) is 42.5 Å². The van der Waals surface area contributed by atoms with Gasteiger partial charge in [-0.05, 0) is 42.7 Å². The molecule has 0 aromatic heterocycles. The van der Waals surface area contributed by atoms with Gasteiger partial charge in [0, 0.05) is 28.9 Å². The van der Waals surface area contributed by atoms with Crippen LogP contribution in [0.5, 0.6) is 5.75 Å². The maximum Gasteiger partial charge on any atom is 0.339 e. The van der Waals surface area contributed by atoms with E-state index in [9.17, 15) is 14.4 Å². The number of nitrogens with one attached hydrogen (secondary N) is 2. The summed E-state index contributed by atoms with van der Waals surface area (Å²) in [6.45, 7) is 2.03. The van der Waals surface area contributed by atoms with Crippen molar-refractivity contribution in [2.45, 2.75) is 13.3 Å². The van der Waals surface area contributed by atoms with Gasteiger partial charge in [-0.3, -0.25) is 9.59 Å². The Balaban J connectivity index is 1.72. The molecular weight excluding hydrogens is 348 g/mol. The lowest BCUT2D eigenvalue weighted by Crippen LogP contribution is -2.16. The number of rotatable bonds is 6. The quantitative estimate of drug-likeness (QED) is 0.726. The Bertz CT molecular complexity index is 909. The molecule has 3 rings (SSSR count). The molecule has 0 bridgehead atoms. The van der Waals surface area contributed by atoms with E-state index in [0.29, 0.717) is 22.9 Å². The van der Waals surface area contributed by atoms with E-state index < -0.39 is 5.97 Å². The first-order valence-electron chi connectivity index (χ1n) is 8.52. The van der Waals surface area contributed by atoms with Crippen LogP contribution in [0.3, 0.4) is 0 Å². The number of benzene rings is 2. The second-order valence-corrected chi connectivity index (χ2v) is 6.56. The largest absolute Gasteiger partial charge is 0.496 e. The summed E-state index contributed by atoms with van der Waals surface area (Å²) in [7, 11) is 1.36. The van der Waals surface area contributed by atoms with E-state index in [4.69, 9.17) is 9.84 Å². The summed E-state index contributed by atoms with van der Waals surface area (Å²) in [6.07, 6.45) is 0.889. The molecular formula is C20H20N2O5. The van der Waals surface area contributed by atoms with Crippen LogP contribution in [0.1, 0.15) is 34.1 Å². The van der Waals surface area contributed by atoms with E-state index in [-0.39, 0.29) is 29.0 Å². The van der Waals surface area contributed by atoms with E-state index in [1.165, 1.54) is 25.3 Å². The van der Waals surface area contributed by atoms with Gasteiger partial charge in [-0.15, -0.1) is 0 Å². The molecule has 3 N–H and O–H groups in total. The van der Waals surface area contributed by atoms with Gasteiger partial charge in [-0.2, -0.15) is 0 Å². The third-order valence-electron chi connectivity index (χ3n) is 4.53. The first-order chi connectivity index (χ1) is 12.9. The van der Waals surface area contributed by atoms with Crippen LogP contribution in [-0.2, 0) is 4.79 Å². The van der Waals surface area contributed by atoms with Gasteiger partial charge in [0.25, 0.3) is 5.91 Å². The average Bonchev–Trinajstić information content (AvgIpc) is 3.38. The number of hydrogen-bond donors (Lipinski definition) is 3. The number of anilines is 2. The van der Waals surface area contributed by atoms with Crippen molar-refractivity contribution in [2.75, 3.05) is 17.7 Å². The molecule has 0 spiro atoms. The number of carbonyl (C=O) groups excluding carboxylic acids is 2. The Morgan fingerprint density at radius 3 is 2.41 bits per heavy atom. The minimum atomic E-state index is -1.11. The van der Waals surface area contributed by atoms with Crippen LogP contribution in [-0.4, -0.2) is 30.0 Å². The highest BCUT2D eigenvalue weighted by molar-refractivity contribution is 6.06. The van der Waals surface area contributed by atoms with Crippen LogP contribution < -0.4 is 15.4 Å². The molecule has 2 aromatic carbocycles. The van der Waals surface area contributed by atoms with Crippen molar-refractivity contribution in [2.24, 2.45) is 11.8 Å². The number of aromatic carboxylic acids is 1. The number of hydrogen-bond acceptors (Lipinski definition) is 4. The van der Waals surface area contributed by atoms with Crippen LogP contribution in [0.4, 0.5) is 11.4 Å². The van der Waals surface area contributed by atoms with E-state index >= 15 is 0 Å². The smallest absolute Gasteiger partial charge is 0.339 e. The number of amides is 2. The Hall–Kier alpha value is -3.35. The lowest BCUT2D eigenvalue weighted by atomic mass is 10.1. The molecule has 0 heterocycles. The van der Waals surface area contributed by atoms with Crippen molar-refractivity contribution in [3.8, 4) is 5.75 Å². The number of carbonyl (C=O) groups is 3. The average molecular weight is 368 g/mol. The van der Waals surface area contributed by atoms with Gasteiger partial charge in [0.15, 0.2) is 0 Å². The van der Waals surface area contributed by atoms with Crippen molar-refractivity contribution in [1.82, 2.24) is 0 Å². The van der Waals surface area contributed by atoms with Gasteiger partial charge in [0.1, 0.15) is 11.3 Å². The molecule has 0 aliphatic heterocycles. The zero-order chi connectivity index (χ0) is 19.6. The first kappa shape index (κ1) is 18.4. The second kappa shape index (κ2) is 7.49. The summed E-state index contributed by atoms with van der Waals surface area (Å²) in [5.74, 6) is -0.925. The van der Waals surface area contributed by atoms with Crippen LogP contribution >= 0.6 is 0 Å². The SMILES string of the molecule is COc1cc(NC(=O)c2cccc(NC(=O)C3CC3C)c2)ccc1C(=O)O. The number of carboxylic acids is 1. The monoisotopic (exact) mass is 368 g/mol. The van der Waals surface area contributed by atoms with E-state index in [1.807, 2.05) is 6.92 Å². The van der Waals surface area contributed by atoms with Gasteiger partial charge in [-0.1, -0.05) is 13.0 Å². The molecule has 1 fully saturated rings. The minimum absolute atomic E-state index is 0.00881. The molecule has 2 unspecified atom stereocenters. The Labute approximate surface area is 156 Å². The fourth-order valence-corrected chi connectivity index (χ4v) is 2.81. The number of ether oxygens (including phenoxy) is 1. The minimum Gasteiger partial charge on any atom is -0.496 e. The Morgan fingerprint density at radius 2 is 1.78 bits per heavy atom. The summed E-state index contributed by atoms with van der Waals surface area (Å²) in [4.78, 5) is 35.7. The van der Waals surface area contributed by atoms with Crippen LogP contribution in [0.25, 0.3) is 0 Å². The second-order valence-electron chi connectivity index (χ2n) is 6.56. The molecule has 0 saturated heterocycles. The van der Waals surface area contributed by atoms with Crippen molar-refractivity contribution in [3.05, 3.63) is 53.6 Å². The maximum atomic E-state index is 12.5. The molecule has 140 valence electrons. The van der Waals surface area contributed by atoms with Gasteiger partial charge in [-0.25, -0.2) is 4.79 Å². The van der Waals surface area contributed by atoms with Gasteiger partial charge < -0.3 is 20.5 Å². The zero-order valence-corrected chi connectivity index (χ0v) is 15.0. The van der Waals surface area contributed by atoms with E-state index in [1.54, 1.807) is 24.3 Å². The highest BCUT2D eigenvalue weighted by Crippen LogP contribution is 2.38. The molecule has 2 amide bonds. The zero-order valence-electron chi connectivity index (χ0n) is 15.0. The van der Waals surface area contributed by atoms with Gasteiger partial charge in [0.2, 0.25) is 5.91 Å². The molecule has 1 saturated carbocycles. The predicted octanol–water partition coefficient (Wildman–Crippen LogP) is 3.24. The summed E-state index contributed by atoms with van der Waals surface area (Å²) in [5, 5.41) is 14.6. The van der Waals surface area contributed by atoms with Gasteiger partial charge in [0.05, 0.1) is 7.11 Å². The summed E-state index contributed by atoms with van der Waals surface area (Å²) >= 11 is 0. The molecule has 2 atom stereocenters. The summed E-state index contributed by atoms with van der Waals surface area (Å²) in [6, 6.07) is 11.0. The Morgan fingerprint density at radius 1 is 1.07 bits per heavy atom. The van der Waals surface area contributed by atoms with Crippen molar-refractivity contribution < 1.29 is 24.2 Å². The van der Waals surface area contributed by atoms with E-state index in [2.05, 4.69) is 10.6 Å². The predicted molar refractivity (Wildman–Crippen MR) is 100 cm³/mol. The lowest BCUT2D eigenvalue weighted by Gasteiger charge is -2.10.